The van der Waals surface area contributed by atoms with Crippen molar-refractivity contribution < 1.29 is 23.1 Å². The van der Waals surface area contributed by atoms with Crippen molar-refractivity contribution in [3.8, 4) is 5.75 Å². The van der Waals surface area contributed by atoms with Gasteiger partial charge in [0.05, 0.1) is 17.2 Å². The third-order valence-electron chi connectivity index (χ3n) is 3.20. The second kappa shape index (κ2) is 6.00. The maximum atomic E-state index is 12.3. The Morgan fingerprint density at radius 2 is 2.14 bits per heavy atom. The summed E-state index contributed by atoms with van der Waals surface area (Å²) in [5, 5.41) is 11.8. The Kier molecular flexibility index (Phi) is 4.50. The second-order valence-corrected chi connectivity index (χ2v) is 6.86. The average Bonchev–Trinajstić information content (AvgIpc) is 2.43. The van der Waals surface area contributed by atoms with Crippen molar-refractivity contribution in [3.63, 3.8) is 0 Å². The monoisotopic (exact) mass is 314 g/mol. The zero-order valence-electron chi connectivity index (χ0n) is 11.8. The summed E-state index contributed by atoms with van der Waals surface area (Å²) in [6.07, 6.45) is 0. The van der Waals surface area contributed by atoms with Crippen LogP contribution in [0.15, 0.2) is 23.1 Å². The molecule has 1 atom stereocenters. The van der Waals surface area contributed by atoms with E-state index in [2.05, 4.69) is 10.0 Å². The number of anilines is 1. The zero-order chi connectivity index (χ0) is 15.6. The van der Waals surface area contributed by atoms with E-state index in [4.69, 9.17) is 4.74 Å². The van der Waals surface area contributed by atoms with Crippen molar-refractivity contribution in [2.45, 2.75) is 24.8 Å². The van der Waals surface area contributed by atoms with Gasteiger partial charge in [-0.3, -0.25) is 4.79 Å². The van der Waals surface area contributed by atoms with Crippen LogP contribution in [0.1, 0.15) is 13.8 Å². The molecular weight excluding hydrogens is 296 g/mol. The topological polar surface area (TPSA) is 105 Å². The summed E-state index contributed by atoms with van der Waals surface area (Å²) >= 11 is 0. The lowest BCUT2D eigenvalue weighted by molar-refractivity contribution is -0.118. The summed E-state index contributed by atoms with van der Waals surface area (Å²) in [6.45, 7) is 3.24. The molecule has 3 N–H and O–H groups in total. The van der Waals surface area contributed by atoms with Crippen LogP contribution >= 0.6 is 0 Å². The minimum atomic E-state index is -3.78. The minimum Gasteiger partial charge on any atom is -0.482 e. The Hall–Kier alpha value is -1.64. The first kappa shape index (κ1) is 15.7. The van der Waals surface area contributed by atoms with E-state index in [1.165, 1.54) is 18.2 Å². The number of aliphatic hydroxyl groups excluding tert-OH is 1. The van der Waals surface area contributed by atoms with E-state index >= 15 is 0 Å². The number of amides is 1. The fraction of sp³-hybridized carbons (Fsp3) is 0.462. The fourth-order valence-electron chi connectivity index (χ4n) is 1.88. The molecule has 1 amide bonds. The maximum absolute atomic E-state index is 12.3. The number of carbonyl (C=O) groups is 1. The first-order valence-electron chi connectivity index (χ1n) is 6.53. The maximum Gasteiger partial charge on any atom is 0.262 e. The molecule has 116 valence electrons. The SMILES string of the molecule is CC(C)C(CO)NS(=O)(=O)c1ccc2c(c1)NC(=O)CO2. The molecule has 1 aromatic rings. The highest BCUT2D eigenvalue weighted by atomic mass is 32.2. The van der Waals surface area contributed by atoms with Gasteiger partial charge in [-0.1, -0.05) is 13.8 Å². The summed E-state index contributed by atoms with van der Waals surface area (Å²) in [5.41, 5.74) is 0.319. The number of aliphatic hydroxyl groups is 1. The van der Waals surface area contributed by atoms with Crippen LogP contribution in [0.3, 0.4) is 0 Å². The Morgan fingerprint density at radius 3 is 2.76 bits per heavy atom. The molecule has 0 fully saturated rings. The summed E-state index contributed by atoms with van der Waals surface area (Å²) < 4.78 is 32.2. The smallest absolute Gasteiger partial charge is 0.262 e. The summed E-state index contributed by atoms with van der Waals surface area (Å²) in [4.78, 5) is 11.3. The van der Waals surface area contributed by atoms with Gasteiger partial charge in [0.1, 0.15) is 5.75 Å². The Bertz CT molecular complexity index is 642. The van der Waals surface area contributed by atoms with E-state index in [1.54, 1.807) is 0 Å². The minimum absolute atomic E-state index is 0.00569. The van der Waals surface area contributed by atoms with Gasteiger partial charge in [-0.2, -0.15) is 0 Å². The van der Waals surface area contributed by atoms with Crippen LogP contribution in [0, 0.1) is 5.92 Å². The van der Waals surface area contributed by atoms with Crippen LogP contribution in [0.25, 0.3) is 0 Å². The molecule has 8 heteroatoms. The van der Waals surface area contributed by atoms with Crippen LogP contribution in [0.5, 0.6) is 5.75 Å². The number of hydrogen-bond acceptors (Lipinski definition) is 5. The molecule has 0 saturated carbocycles. The molecule has 1 aromatic carbocycles. The van der Waals surface area contributed by atoms with Crippen molar-refractivity contribution in [2.24, 2.45) is 5.92 Å². The highest BCUT2D eigenvalue weighted by molar-refractivity contribution is 7.89. The Balaban J connectivity index is 2.28. The third kappa shape index (κ3) is 3.52. The third-order valence-corrected chi connectivity index (χ3v) is 4.69. The van der Waals surface area contributed by atoms with Crippen LogP contribution < -0.4 is 14.8 Å². The molecule has 0 spiro atoms. The Morgan fingerprint density at radius 1 is 1.43 bits per heavy atom. The van der Waals surface area contributed by atoms with Crippen molar-refractivity contribution in [3.05, 3.63) is 18.2 Å². The predicted octanol–water partition coefficient (Wildman–Crippen LogP) is 0.313. The van der Waals surface area contributed by atoms with Gasteiger partial charge in [0.15, 0.2) is 6.61 Å². The van der Waals surface area contributed by atoms with Crippen LogP contribution in [-0.2, 0) is 14.8 Å². The van der Waals surface area contributed by atoms with E-state index in [0.29, 0.717) is 11.4 Å². The molecule has 1 aliphatic rings. The highest BCUT2D eigenvalue weighted by Gasteiger charge is 2.24. The first-order chi connectivity index (χ1) is 9.83. The number of sulfonamides is 1. The van der Waals surface area contributed by atoms with Gasteiger partial charge in [-0.25, -0.2) is 13.1 Å². The van der Waals surface area contributed by atoms with Crippen LogP contribution in [-0.4, -0.2) is 38.7 Å². The van der Waals surface area contributed by atoms with Gasteiger partial charge < -0.3 is 15.2 Å². The molecular formula is C13H18N2O5S. The number of rotatable bonds is 5. The van der Waals surface area contributed by atoms with E-state index in [0.717, 1.165) is 0 Å². The van der Waals surface area contributed by atoms with Crippen molar-refractivity contribution in [1.82, 2.24) is 4.72 Å². The molecule has 7 nitrogen and oxygen atoms in total. The van der Waals surface area contributed by atoms with Gasteiger partial charge in [0.25, 0.3) is 5.91 Å². The quantitative estimate of drug-likeness (QED) is 0.725. The molecule has 0 saturated heterocycles. The summed E-state index contributed by atoms with van der Waals surface area (Å²) in [6, 6.07) is 3.65. The van der Waals surface area contributed by atoms with Gasteiger partial charge in [0.2, 0.25) is 10.0 Å². The fourth-order valence-corrected chi connectivity index (χ4v) is 3.28. The van der Waals surface area contributed by atoms with Crippen molar-refractivity contribution in [2.75, 3.05) is 18.5 Å². The summed E-state index contributed by atoms with van der Waals surface area (Å²) in [7, 11) is -3.78. The zero-order valence-corrected chi connectivity index (χ0v) is 12.6. The first-order valence-corrected chi connectivity index (χ1v) is 8.01. The second-order valence-electron chi connectivity index (χ2n) is 5.15. The molecule has 0 bridgehead atoms. The molecule has 1 aliphatic heterocycles. The van der Waals surface area contributed by atoms with Gasteiger partial charge in [-0.05, 0) is 24.1 Å². The van der Waals surface area contributed by atoms with E-state index in [-0.39, 0.29) is 29.9 Å². The largest absolute Gasteiger partial charge is 0.482 e. The lowest BCUT2D eigenvalue weighted by Gasteiger charge is -2.21. The molecule has 21 heavy (non-hydrogen) atoms. The number of nitrogens with one attached hydrogen (secondary N) is 2. The molecule has 0 radical (unpaired) electrons. The van der Waals surface area contributed by atoms with Crippen LogP contribution in [0.4, 0.5) is 5.69 Å². The lowest BCUT2D eigenvalue weighted by Crippen LogP contribution is -2.41. The van der Waals surface area contributed by atoms with Crippen LogP contribution in [0.2, 0.25) is 0 Å². The molecule has 2 rings (SSSR count). The molecule has 0 aromatic heterocycles. The van der Waals surface area contributed by atoms with Gasteiger partial charge >= 0.3 is 0 Å². The molecule has 1 heterocycles. The number of benzene rings is 1. The van der Waals surface area contributed by atoms with E-state index in [1.807, 2.05) is 13.8 Å². The highest BCUT2D eigenvalue weighted by Crippen LogP contribution is 2.30. The van der Waals surface area contributed by atoms with Crippen molar-refractivity contribution >= 4 is 21.6 Å². The number of hydrogen-bond donors (Lipinski definition) is 3. The average molecular weight is 314 g/mol. The number of fused-ring (bicyclic) bond motifs is 1. The van der Waals surface area contributed by atoms with E-state index < -0.39 is 16.1 Å². The van der Waals surface area contributed by atoms with Crippen molar-refractivity contribution in [1.29, 1.82) is 0 Å². The normalized spacial score (nSPS) is 16.1. The molecule has 0 aliphatic carbocycles. The number of carbonyl (C=O) groups excluding carboxylic acids is 1. The molecule has 1 unspecified atom stereocenters. The standard InChI is InChI=1S/C13H18N2O5S/c1-8(2)11(6-16)15-21(18,19)9-3-4-12-10(5-9)14-13(17)7-20-12/h3-5,8,11,15-16H,6-7H2,1-2H3,(H,14,17). The number of ether oxygens (including phenoxy) is 1. The van der Waals surface area contributed by atoms with Gasteiger partial charge in [-0.15, -0.1) is 0 Å². The lowest BCUT2D eigenvalue weighted by atomic mass is 10.1. The predicted molar refractivity (Wildman–Crippen MR) is 76.6 cm³/mol. The van der Waals surface area contributed by atoms with E-state index in [9.17, 15) is 18.3 Å². The van der Waals surface area contributed by atoms with Gasteiger partial charge in [0, 0.05) is 6.04 Å². The Labute approximate surface area is 123 Å². The summed E-state index contributed by atoms with van der Waals surface area (Å²) in [5.74, 6) is 0.0435.